The number of hydrogen-bond donors (Lipinski definition) is 0. The summed E-state index contributed by atoms with van der Waals surface area (Å²) >= 11 is 5.47. The highest BCUT2D eigenvalue weighted by molar-refractivity contribution is 7.26. The van der Waals surface area contributed by atoms with Crippen molar-refractivity contribution in [3.8, 4) is 10.6 Å². The fourth-order valence-corrected chi connectivity index (χ4v) is 9.12. The molecule has 0 bridgehead atoms. The van der Waals surface area contributed by atoms with Gasteiger partial charge in [-0.15, -0.1) is 34.0 Å². The van der Waals surface area contributed by atoms with Gasteiger partial charge < -0.3 is 4.90 Å². The molecule has 0 N–H and O–H groups in total. The number of aromatic nitrogens is 1. The van der Waals surface area contributed by atoms with E-state index >= 15 is 0 Å². The van der Waals surface area contributed by atoms with E-state index in [-0.39, 0.29) is 0 Å². The summed E-state index contributed by atoms with van der Waals surface area (Å²) in [4.78, 5) is 7.57. The minimum atomic E-state index is 1.07. The third kappa shape index (κ3) is 3.78. The van der Waals surface area contributed by atoms with Gasteiger partial charge in [-0.1, -0.05) is 66.7 Å². The van der Waals surface area contributed by atoms with Gasteiger partial charge in [-0.25, -0.2) is 4.98 Å². The molecule has 0 atom stereocenters. The van der Waals surface area contributed by atoms with E-state index in [1.807, 2.05) is 22.7 Å². The summed E-state index contributed by atoms with van der Waals surface area (Å²) in [5.74, 6) is 0. The van der Waals surface area contributed by atoms with Crippen LogP contribution >= 0.6 is 34.0 Å². The molecule has 0 aliphatic carbocycles. The van der Waals surface area contributed by atoms with Crippen LogP contribution in [-0.2, 0) is 0 Å². The first kappa shape index (κ1) is 24.1. The monoisotopic (exact) mass is 590 g/mol. The molecule has 2 nitrogen and oxygen atoms in total. The third-order valence-corrected chi connectivity index (χ3v) is 11.2. The average Bonchev–Trinajstić information content (AvgIpc) is 3.75. The van der Waals surface area contributed by atoms with Crippen molar-refractivity contribution < 1.29 is 0 Å². The Kier molecular flexibility index (Phi) is 5.45. The molecule has 9 aromatic rings. The molecule has 5 heteroatoms. The lowest BCUT2D eigenvalue weighted by molar-refractivity contribution is 1.30. The maximum Gasteiger partial charge on any atom is 0.124 e. The van der Waals surface area contributed by atoms with Crippen LogP contribution in [-0.4, -0.2) is 4.98 Å². The van der Waals surface area contributed by atoms with Gasteiger partial charge in [0.15, 0.2) is 0 Å². The molecular formula is C37H22N2S3. The molecule has 198 valence electrons. The fraction of sp³-hybridized carbons (Fsp3) is 0. The first-order valence-corrected chi connectivity index (χ1v) is 16.3. The number of fused-ring (bicyclic) bond motifs is 8. The number of thiazole rings is 1. The number of thiophene rings is 2. The number of benzene rings is 6. The van der Waals surface area contributed by atoms with Crippen LogP contribution in [0.25, 0.3) is 61.1 Å². The van der Waals surface area contributed by atoms with Gasteiger partial charge in [0.1, 0.15) is 5.01 Å². The van der Waals surface area contributed by atoms with Crippen LogP contribution in [0.2, 0.25) is 0 Å². The lowest BCUT2D eigenvalue weighted by Gasteiger charge is -2.25. The SMILES string of the molecule is c1ccc(-c2nc3c(ccc4sc5ccc(N(c6ccccc6)c6ccc7sc8ccccc8c7c6)cc5c43)s2)cc1. The van der Waals surface area contributed by atoms with Crippen LogP contribution in [0.1, 0.15) is 0 Å². The van der Waals surface area contributed by atoms with Crippen molar-refractivity contribution in [1.29, 1.82) is 0 Å². The molecule has 0 saturated heterocycles. The van der Waals surface area contributed by atoms with Gasteiger partial charge in [0.05, 0.1) is 10.2 Å². The van der Waals surface area contributed by atoms with Crippen LogP contribution in [0.5, 0.6) is 0 Å². The van der Waals surface area contributed by atoms with Gasteiger partial charge in [0.25, 0.3) is 0 Å². The Labute approximate surface area is 254 Å². The van der Waals surface area contributed by atoms with E-state index in [1.165, 1.54) is 50.6 Å². The van der Waals surface area contributed by atoms with Crippen LogP contribution in [0.4, 0.5) is 17.1 Å². The molecule has 0 spiro atoms. The van der Waals surface area contributed by atoms with E-state index in [9.17, 15) is 0 Å². The lowest BCUT2D eigenvalue weighted by Crippen LogP contribution is -2.09. The summed E-state index contributed by atoms with van der Waals surface area (Å²) in [7, 11) is 0. The van der Waals surface area contributed by atoms with Gasteiger partial charge in [-0.05, 0) is 66.7 Å². The number of anilines is 3. The zero-order valence-electron chi connectivity index (χ0n) is 22.3. The molecule has 3 aromatic heterocycles. The van der Waals surface area contributed by atoms with Crippen molar-refractivity contribution in [1.82, 2.24) is 4.98 Å². The lowest BCUT2D eigenvalue weighted by atomic mass is 10.1. The molecule has 6 aromatic carbocycles. The van der Waals surface area contributed by atoms with E-state index in [4.69, 9.17) is 4.98 Å². The third-order valence-electron chi connectivity index (χ3n) is 7.89. The van der Waals surface area contributed by atoms with Crippen LogP contribution in [0.15, 0.2) is 133 Å². The second kappa shape index (κ2) is 9.50. The predicted octanol–water partition coefficient (Wildman–Crippen LogP) is 12.2. The molecule has 0 aliphatic heterocycles. The minimum absolute atomic E-state index is 1.07. The summed E-state index contributed by atoms with van der Waals surface area (Å²) in [6.07, 6.45) is 0. The van der Waals surface area contributed by atoms with Crippen molar-refractivity contribution >= 4 is 102 Å². The number of hydrogen-bond acceptors (Lipinski definition) is 5. The maximum atomic E-state index is 5.19. The summed E-state index contributed by atoms with van der Waals surface area (Å²) in [5.41, 5.74) is 5.69. The minimum Gasteiger partial charge on any atom is -0.310 e. The van der Waals surface area contributed by atoms with Crippen molar-refractivity contribution in [2.24, 2.45) is 0 Å². The largest absolute Gasteiger partial charge is 0.310 e. The maximum absolute atomic E-state index is 5.19. The Morgan fingerprint density at radius 3 is 1.83 bits per heavy atom. The smallest absolute Gasteiger partial charge is 0.124 e. The first-order chi connectivity index (χ1) is 20.8. The Balaban J connectivity index is 1.27. The molecule has 0 unspecified atom stereocenters. The molecule has 0 saturated carbocycles. The fourth-order valence-electron chi connectivity index (χ4n) is 5.96. The van der Waals surface area contributed by atoms with Gasteiger partial charge in [0, 0.05) is 63.0 Å². The van der Waals surface area contributed by atoms with E-state index < -0.39 is 0 Å². The Morgan fingerprint density at radius 1 is 0.429 bits per heavy atom. The highest BCUT2D eigenvalue weighted by Gasteiger charge is 2.18. The molecule has 0 radical (unpaired) electrons. The Bertz CT molecular complexity index is 2420. The zero-order valence-corrected chi connectivity index (χ0v) is 24.8. The first-order valence-electron chi connectivity index (χ1n) is 13.9. The number of para-hydroxylation sites is 1. The van der Waals surface area contributed by atoms with Crippen molar-refractivity contribution in [3.63, 3.8) is 0 Å². The van der Waals surface area contributed by atoms with Crippen LogP contribution < -0.4 is 4.90 Å². The highest BCUT2D eigenvalue weighted by atomic mass is 32.1. The van der Waals surface area contributed by atoms with Crippen molar-refractivity contribution in [2.45, 2.75) is 0 Å². The molecular weight excluding hydrogens is 569 g/mol. The van der Waals surface area contributed by atoms with E-state index in [0.717, 1.165) is 27.6 Å². The Morgan fingerprint density at radius 2 is 1.02 bits per heavy atom. The molecule has 0 aliphatic rings. The van der Waals surface area contributed by atoms with Crippen LogP contribution in [0, 0.1) is 0 Å². The molecule has 42 heavy (non-hydrogen) atoms. The summed E-state index contributed by atoms with van der Waals surface area (Å²) < 4.78 is 6.41. The Hall–Kier alpha value is -4.55. The normalized spacial score (nSPS) is 11.8. The highest BCUT2D eigenvalue weighted by Crippen LogP contribution is 2.45. The predicted molar refractivity (Wildman–Crippen MR) is 186 cm³/mol. The quantitative estimate of drug-likeness (QED) is 0.203. The number of rotatable bonds is 4. The summed E-state index contributed by atoms with van der Waals surface area (Å²) in [5, 5.41) is 6.18. The van der Waals surface area contributed by atoms with E-state index in [2.05, 4.69) is 138 Å². The second-order valence-corrected chi connectivity index (χ2v) is 13.6. The molecule has 9 rings (SSSR count). The van der Waals surface area contributed by atoms with Crippen LogP contribution in [0.3, 0.4) is 0 Å². The van der Waals surface area contributed by atoms with Gasteiger partial charge >= 0.3 is 0 Å². The molecule has 0 fully saturated rings. The summed E-state index contributed by atoms with van der Waals surface area (Å²) in [6.45, 7) is 0. The van der Waals surface area contributed by atoms with Crippen molar-refractivity contribution in [3.05, 3.63) is 133 Å². The van der Waals surface area contributed by atoms with Gasteiger partial charge in [-0.2, -0.15) is 0 Å². The molecule has 3 heterocycles. The van der Waals surface area contributed by atoms with Crippen molar-refractivity contribution in [2.75, 3.05) is 4.90 Å². The van der Waals surface area contributed by atoms with Gasteiger partial charge in [0.2, 0.25) is 0 Å². The summed E-state index contributed by atoms with van der Waals surface area (Å²) in [6, 6.07) is 48.2. The topological polar surface area (TPSA) is 16.1 Å². The van der Waals surface area contributed by atoms with E-state index in [1.54, 1.807) is 11.3 Å². The van der Waals surface area contributed by atoms with E-state index in [0.29, 0.717) is 0 Å². The van der Waals surface area contributed by atoms with Gasteiger partial charge in [-0.3, -0.25) is 0 Å². The second-order valence-electron chi connectivity index (χ2n) is 10.4. The molecule has 0 amide bonds. The number of nitrogens with zero attached hydrogens (tertiary/aromatic N) is 2. The average molecular weight is 591 g/mol. The standard InChI is InChI=1S/C37H22N2S3/c1-3-9-23(10-4-1)37-38-36-34(42-37)20-19-33-35(36)29-22-26(16-18-32(29)41-33)39(24-11-5-2-6-12-24)25-15-17-31-28(21-25)27-13-7-8-14-30(27)40-31/h1-22H. The zero-order chi connectivity index (χ0) is 27.6.